The topological polar surface area (TPSA) is 46.8 Å². The molecule has 7 heteroatoms. The Balaban J connectivity index is 2.30. The van der Waals surface area contributed by atoms with Gasteiger partial charge in [0.05, 0.1) is 23.2 Å². The van der Waals surface area contributed by atoms with Crippen LogP contribution in [0.1, 0.15) is 5.56 Å². The first-order chi connectivity index (χ1) is 8.61. The zero-order valence-electron chi connectivity index (χ0n) is 9.33. The predicted octanol–water partition coefficient (Wildman–Crippen LogP) is 3.64. The molecule has 0 fully saturated rings. The molecule has 1 aromatic heterocycles. The molecule has 2 aromatic rings. The molecule has 18 heavy (non-hydrogen) atoms. The monoisotopic (exact) mass is 344 g/mol. The summed E-state index contributed by atoms with van der Waals surface area (Å²) >= 11 is 9.69. The van der Waals surface area contributed by atoms with Crippen molar-refractivity contribution in [3.05, 3.63) is 37.6 Å². The van der Waals surface area contributed by atoms with E-state index in [9.17, 15) is 5.11 Å². The highest BCUT2D eigenvalue weighted by Gasteiger charge is 2.01. The van der Waals surface area contributed by atoms with Crippen molar-refractivity contribution in [3.63, 3.8) is 0 Å². The van der Waals surface area contributed by atoms with Crippen LogP contribution in [0.5, 0.6) is 11.6 Å². The number of hydrogen-bond donors (Lipinski definition) is 1. The van der Waals surface area contributed by atoms with E-state index in [0.29, 0.717) is 3.95 Å². The van der Waals surface area contributed by atoms with Gasteiger partial charge in [0.25, 0.3) is 0 Å². The molecule has 1 aromatic carbocycles. The Bertz CT molecular complexity index is 649. The first kappa shape index (κ1) is 13.3. The largest absolute Gasteiger partial charge is 0.496 e. The van der Waals surface area contributed by atoms with Crippen molar-refractivity contribution in [2.24, 2.45) is 5.10 Å². The summed E-state index contributed by atoms with van der Waals surface area (Å²) < 4.78 is 7.78. The molecule has 0 radical (unpaired) electrons. The lowest BCUT2D eigenvalue weighted by Gasteiger charge is -2.03. The number of methoxy groups -OCH3 is 1. The normalized spacial score (nSPS) is 11.0. The SMILES string of the molecule is COc1ccc(/C=N/n2c(O)csc2=S)cc1Br. The Labute approximate surface area is 121 Å². The minimum atomic E-state index is 0.0360. The first-order valence-corrected chi connectivity index (χ1v) is 6.97. The van der Waals surface area contributed by atoms with Gasteiger partial charge in [0.1, 0.15) is 5.75 Å². The number of rotatable bonds is 3. The van der Waals surface area contributed by atoms with Gasteiger partial charge < -0.3 is 9.84 Å². The number of aromatic hydroxyl groups is 1. The van der Waals surface area contributed by atoms with Gasteiger partial charge in [-0.2, -0.15) is 9.78 Å². The number of aromatic nitrogens is 1. The lowest BCUT2D eigenvalue weighted by atomic mass is 10.2. The summed E-state index contributed by atoms with van der Waals surface area (Å²) in [6, 6.07) is 5.56. The van der Waals surface area contributed by atoms with Gasteiger partial charge in [0, 0.05) is 0 Å². The van der Waals surface area contributed by atoms with Crippen molar-refractivity contribution in [1.29, 1.82) is 0 Å². The molecule has 1 N–H and O–H groups in total. The van der Waals surface area contributed by atoms with Crippen LogP contribution in [-0.2, 0) is 0 Å². The van der Waals surface area contributed by atoms with Crippen molar-refractivity contribution in [2.75, 3.05) is 7.11 Å². The van der Waals surface area contributed by atoms with Crippen LogP contribution in [0.4, 0.5) is 0 Å². The maximum Gasteiger partial charge on any atom is 0.224 e. The standard InChI is InChI=1S/C11H9BrN2O2S2/c1-16-9-3-2-7(4-8(9)12)5-13-14-10(15)6-18-11(14)17/h2-6,15H,1H3/b13-5+. The van der Waals surface area contributed by atoms with Crippen LogP contribution in [0.25, 0.3) is 0 Å². The molecule has 0 unspecified atom stereocenters. The number of halogens is 1. The molecule has 94 valence electrons. The number of hydrogen-bond acceptors (Lipinski definition) is 5. The molecule has 0 spiro atoms. The molecule has 0 aliphatic carbocycles. The van der Waals surface area contributed by atoms with E-state index in [1.165, 1.54) is 16.0 Å². The van der Waals surface area contributed by atoms with Crippen LogP contribution in [0, 0.1) is 3.95 Å². The fraction of sp³-hybridized carbons (Fsp3) is 0.0909. The summed E-state index contributed by atoms with van der Waals surface area (Å²) in [6.45, 7) is 0. The average molecular weight is 345 g/mol. The van der Waals surface area contributed by atoms with E-state index >= 15 is 0 Å². The van der Waals surface area contributed by atoms with Gasteiger partial charge in [-0.3, -0.25) is 0 Å². The van der Waals surface area contributed by atoms with Crippen LogP contribution in [0.3, 0.4) is 0 Å². The zero-order valence-corrected chi connectivity index (χ0v) is 12.6. The van der Waals surface area contributed by atoms with Crippen molar-refractivity contribution in [1.82, 2.24) is 4.68 Å². The minimum Gasteiger partial charge on any atom is -0.496 e. The van der Waals surface area contributed by atoms with Gasteiger partial charge in [-0.25, -0.2) is 0 Å². The first-order valence-electron chi connectivity index (χ1n) is 4.89. The Morgan fingerprint density at radius 3 is 2.89 bits per heavy atom. The lowest BCUT2D eigenvalue weighted by Crippen LogP contribution is -1.91. The predicted molar refractivity (Wildman–Crippen MR) is 78.5 cm³/mol. The molecule has 1 heterocycles. The van der Waals surface area contributed by atoms with Gasteiger partial charge >= 0.3 is 0 Å². The molecule has 0 bridgehead atoms. The quantitative estimate of drug-likeness (QED) is 0.683. The van der Waals surface area contributed by atoms with Gasteiger partial charge in [-0.15, -0.1) is 11.3 Å². The molecule has 0 saturated carbocycles. The highest BCUT2D eigenvalue weighted by molar-refractivity contribution is 9.10. The molecular formula is C11H9BrN2O2S2. The van der Waals surface area contributed by atoms with Crippen LogP contribution in [-0.4, -0.2) is 23.1 Å². The molecule has 2 rings (SSSR count). The smallest absolute Gasteiger partial charge is 0.224 e. The summed E-state index contributed by atoms with van der Waals surface area (Å²) in [6.07, 6.45) is 1.62. The van der Waals surface area contributed by atoms with Gasteiger partial charge in [-0.05, 0) is 51.9 Å². The molecule has 0 atom stereocenters. The third-order valence-electron chi connectivity index (χ3n) is 2.15. The van der Waals surface area contributed by atoms with Crippen molar-refractivity contribution in [2.45, 2.75) is 0 Å². The minimum absolute atomic E-state index is 0.0360. The fourth-order valence-electron chi connectivity index (χ4n) is 1.29. The number of ether oxygens (including phenoxy) is 1. The van der Waals surface area contributed by atoms with Gasteiger partial charge in [0.15, 0.2) is 3.95 Å². The number of benzene rings is 1. The van der Waals surface area contributed by atoms with Crippen LogP contribution in [0.15, 0.2) is 33.2 Å². The van der Waals surface area contributed by atoms with E-state index in [1.807, 2.05) is 18.2 Å². The van der Waals surface area contributed by atoms with E-state index in [2.05, 4.69) is 21.0 Å². The summed E-state index contributed by atoms with van der Waals surface area (Å²) in [5.41, 5.74) is 0.871. The molecule has 0 amide bonds. The molecule has 0 saturated heterocycles. The van der Waals surface area contributed by atoms with Crippen molar-refractivity contribution < 1.29 is 9.84 Å². The van der Waals surface area contributed by atoms with E-state index in [0.717, 1.165) is 15.8 Å². The number of thiazole rings is 1. The Hall–Kier alpha value is -1.18. The Morgan fingerprint density at radius 2 is 2.33 bits per heavy atom. The van der Waals surface area contributed by atoms with E-state index in [1.54, 1.807) is 18.7 Å². The summed E-state index contributed by atoms with van der Waals surface area (Å²) in [4.78, 5) is 0. The van der Waals surface area contributed by atoms with Gasteiger partial charge in [0.2, 0.25) is 5.88 Å². The van der Waals surface area contributed by atoms with Crippen LogP contribution in [0.2, 0.25) is 0 Å². The molecule has 4 nitrogen and oxygen atoms in total. The number of nitrogens with zero attached hydrogens (tertiary/aromatic N) is 2. The van der Waals surface area contributed by atoms with Crippen molar-refractivity contribution in [3.8, 4) is 11.6 Å². The second-order valence-electron chi connectivity index (χ2n) is 3.31. The third-order valence-corrected chi connectivity index (χ3v) is 3.94. The molecule has 0 aliphatic rings. The Morgan fingerprint density at radius 1 is 1.56 bits per heavy atom. The van der Waals surface area contributed by atoms with Crippen LogP contribution >= 0.6 is 39.5 Å². The van der Waals surface area contributed by atoms with E-state index < -0.39 is 0 Å². The summed E-state index contributed by atoms with van der Waals surface area (Å²) in [5.74, 6) is 0.788. The van der Waals surface area contributed by atoms with Gasteiger partial charge in [-0.1, -0.05) is 0 Å². The highest BCUT2D eigenvalue weighted by atomic mass is 79.9. The second-order valence-corrected chi connectivity index (χ2v) is 5.67. The third kappa shape index (κ3) is 2.80. The maximum atomic E-state index is 9.51. The van der Waals surface area contributed by atoms with E-state index in [-0.39, 0.29) is 5.88 Å². The van der Waals surface area contributed by atoms with Crippen LogP contribution < -0.4 is 4.74 Å². The summed E-state index contributed by atoms with van der Waals surface area (Å²) in [7, 11) is 1.61. The fourth-order valence-corrected chi connectivity index (χ4v) is 2.68. The maximum absolute atomic E-state index is 9.51. The lowest BCUT2D eigenvalue weighted by molar-refractivity contribution is 0.412. The second kappa shape index (κ2) is 5.64. The zero-order chi connectivity index (χ0) is 13.1. The Kier molecular flexibility index (Phi) is 4.15. The van der Waals surface area contributed by atoms with Crippen molar-refractivity contribution >= 4 is 45.7 Å². The summed E-state index contributed by atoms with van der Waals surface area (Å²) in [5, 5.41) is 15.2. The average Bonchev–Trinajstić information content (AvgIpc) is 2.67. The van der Waals surface area contributed by atoms with E-state index in [4.69, 9.17) is 17.0 Å². The highest BCUT2D eigenvalue weighted by Crippen LogP contribution is 2.25. The molecular weight excluding hydrogens is 336 g/mol. The molecule has 0 aliphatic heterocycles.